The lowest BCUT2D eigenvalue weighted by Gasteiger charge is -2.11. The van der Waals surface area contributed by atoms with Crippen LogP contribution < -0.4 is 20.9 Å². The number of rotatable bonds is 5. The molecular formula is C19H18BrN3O3S. The molecule has 6 nitrogen and oxygen atoms in total. The van der Waals surface area contributed by atoms with Gasteiger partial charge >= 0.3 is 0 Å². The molecule has 0 aliphatic heterocycles. The summed E-state index contributed by atoms with van der Waals surface area (Å²) in [5.41, 5.74) is 6.76. The van der Waals surface area contributed by atoms with Crippen molar-refractivity contribution in [3.05, 3.63) is 70.2 Å². The van der Waals surface area contributed by atoms with Crippen molar-refractivity contribution in [1.29, 1.82) is 0 Å². The Labute approximate surface area is 171 Å². The molecule has 0 saturated carbocycles. The topological polar surface area (TPSA) is 79.5 Å². The van der Waals surface area contributed by atoms with Crippen LogP contribution in [0.15, 0.2) is 59.1 Å². The molecule has 0 heterocycles. The number of amides is 2. The van der Waals surface area contributed by atoms with E-state index in [1.165, 1.54) is 6.08 Å². The van der Waals surface area contributed by atoms with Gasteiger partial charge in [0.15, 0.2) is 11.7 Å². The van der Waals surface area contributed by atoms with Gasteiger partial charge in [0.05, 0.1) is 4.47 Å². The molecule has 0 saturated heterocycles. The Bertz CT molecular complexity index is 857. The zero-order valence-corrected chi connectivity index (χ0v) is 16.9. The van der Waals surface area contributed by atoms with Gasteiger partial charge in [-0.25, -0.2) is 0 Å². The first-order valence-electron chi connectivity index (χ1n) is 7.96. The molecule has 0 radical (unpaired) electrons. The third kappa shape index (κ3) is 7.59. The average Bonchev–Trinajstić information content (AvgIpc) is 2.65. The summed E-state index contributed by atoms with van der Waals surface area (Å²) < 4.78 is 6.17. The van der Waals surface area contributed by atoms with Crippen LogP contribution in [-0.4, -0.2) is 23.5 Å². The quantitative estimate of drug-likeness (QED) is 0.373. The van der Waals surface area contributed by atoms with Crippen LogP contribution in [0.5, 0.6) is 5.75 Å². The molecule has 0 fully saturated rings. The fourth-order valence-corrected chi connectivity index (χ4v) is 2.71. The van der Waals surface area contributed by atoms with Crippen LogP contribution in [0.1, 0.15) is 11.1 Å². The maximum atomic E-state index is 11.8. The smallest absolute Gasteiger partial charge is 0.276 e. The number of thiocarbonyl (C=S) groups is 1. The van der Waals surface area contributed by atoms with E-state index in [1.54, 1.807) is 12.1 Å². The average molecular weight is 448 g/mol. The van der Waals surface area contributed by atoms with Crippen molar-refractivity contribution >= 4 is 51.2 Å². The van der Waals surface area contributed by atoms with Gasteiger partial charge < -0.3 is 4.74 Å². The minimum Gasteiger partial charge on any atom is -0.483 e. The summed E-state index contributed by atoms with van der Waals surface area (Å²) in [5, 5.41) is 2.40. The van der Waals surface area contributed by atoms with Crippen molar-refractivity contribution in [2.24, 2.45) is 0 Å². The minimum absolute atomic E-state index is 0.0254. The lowest BCUT2D eigenvalue weighted by atomic mass is 10.2. The molecule has 0 aliphatic rings. The Balaban J connectivity index is 1.70. The van der Waals surface area contributed by atoms with Gasteiger partial charge in [-0.05, 0) is 64.4 Å². The van der Waals surface area contributed by atoms with Crippen molar-refractivity contribution in [2.75, 3.05) is 6.61 Å². The summed E-state index contributed by atoms with van der Waals surface area (Å²) in [6.07, 6.45) is 3.01. The highest BCUT2D eigenvalue weighted by atomic mass is 79.9. The van der Waals surface area contributed by atoms with Crippen molar-refractivity contribution in [3.63, 3.8) is 0 Å². The van der Waals surface area contributed by atoms with Crippen LogP contribution in [0.25, 0.3) is 6.08 Å². The van der Waals surface area contributed by atoms with Gasteiger partial charge in [-0.15, -0.1) is 0 Å². The molecule has 0 unspecified atom stereocenters. The predicted octanol–water partition coefficient (Wildman–Crippen LogP) is 2.87. The van der Waals surface area contributed by atoms with Crippen molar-refractivity contribution < 1.29 is 14.3 Å². The van der Waals surface area contributed by atoms with E-state index in [2.05, 4.69) is 32.1 Å². The SMILES string of the molecule is Cc1ccc(OCC(=O)NNC(=S)NC(=O)/C=C/c2ccccc2)c(Br)c1. The normalized spacial score (nSPS) is 10.3. The summed E-state index contributed by atoms with van der Waals surface area (Å²) >= 11 is 8.32. The second-order valence-corrected chi connectivity index (χ2v) is 6.72. The van der Waals surface area contributed by atoms with Crippen molar-refractivity contribution in [1.82, 2.24) is 16.2 Å². The van der Waals surface area contributed by atoms with Gasteiger partial charge in [0.25, 0.3) is 5.91 Å². The van der Waals surface area contributed by atoms with Crippen LogP contribution in [0.4, 0.5) is 0 Å². The fraction of sp³-hybridized carbons (Fsp3) is 0.105. The van der Waals surface area contributed by atoms with E-state index < -0.39 is 11.8 Å². The number of hydrogen-bond donors (Lipinski definition) is 3. The number of hydrazine groups is 1. The monoisotopic (exact) mass is 447 g/mol. The summed E-state index contributed by atoms with van der Waals surface area (Å²) in [4.78, 5) is 23.6. The molecule has 2 aromatic rings. The molecule has 140 valence electrons. The third-order valence-electron chi connectivity index (χ3n) is 3.23. The Morgan fingerprint density at radius 2 is 1.89 bits per heavy atom. The number of nitrogens with one attached hydrogen (secondary N) is 3. The third-order valence-corrected chi connectivity index (χ3v) is 4.05. The zero-order chi connectivity index (χ0) is 19.6. The van der Waals surface area contributed by atoms with Gasteiger partial charge in [0.1, 0.15) is 5.75 Å². The number of hydrogen-bond acceptors (Lipinski definition) is 4. The van der Waals surface area contributed by atoms with Crippen LogP contribution in [-0.2, 0) is 9.59 Å². The molecule has 0 aromatic heterocycles. The highest BCUT2D eigenvalue weighted by Crippen LogP contribution is 2.25. The largest absolute Gasteiger partial charge is 0.483 e. The summed E-state index contributed by atoms with van der Waals surface area (Å²) in [5.74, 6) is -0.304. The molecule has 2 aromatic carbocycles. The van der Waals surface area contributed by atoms with Crippen LogP contribution >= 0.6 is 28.1 Å². The Morgan fingerprint density at radius 1 is 1.15 bits per heavy atom. The molecule has 27 heavy (non-hydrogen) atoms. The summed E-state index contributed by atoms with van der Waals surface area (Å²) in [6, 6.07) is 14.9. The van der Waals surface area contributed by atoms with Gasteiger partial charge in [-0.3, -0.25) is 25.8 Å². The first kappa shape index (κ1) is 20.6. The Morgan fingerprint density at radius 3 is 2.59 bits per heavy atom. The molecule has 0 atom stereocenters. The van der Waals surface area contributed by atoms with Crippen molar-refractivity contribution in [2.45, 2.75) is 6.92 Å². The van der Waals surface area contributed by atoms with Crippen LogP contribution in [0.3, 0.4) is 0 Å². The van der Waals surface area contributed by atoms with E-state index in [4.69, 9.17) is 17.0 Å². The second-order valence-electron chi connectivity index (χ2n) is 5.46. The van der Waals surface area contributed by atoms with Gasteiger partial charge in [-0.1, -0.05) is 36.4 Å². The lowest BCUT2D eigenvalue weighted by Crippen LogP contribution is -2.49. The van der Waals surface area contributed by atoms with E-state index in [1.807, 2.05) is 49.4 Å². The maximum Gasteiger partial charge on any atom is 0.276 e. The Kier molecular flexibility index (Phi) is 7.97. The molecule has 0 bridgehead atoms. The van der Waals surface area contributed by atoms with Gasteiger partial charge in [-0.2, -0.15) is 0 Å². The van der Waals surface area contributed by atoms with E-state index in [9.17, 15) is 9.59 Å². The summed E-state index contributed by atoms with van der Waals surface area (Å²) in [6.45, 7) is 1.74. The minimum atomic E-state index is -0.445. The Hall–Kier alpha value is -2.71. The summed E-state index contributed by atoms with van der Waals surface area (Å²) in [7, 11) is 0. The van der Waals surface area contributed by atoms with Gasteiger partial charge in [0.2, 0.25) is 5.91 Å². The molecule has 8 heteroatoms. The highest BCUT2D eigenvalue weighted by Gasteiger charge is 2.07. The number of carbonyl (C=O) groups is 2. The molecule has 0 aliphatic carbocycles. The van der Waals surface area contributed by atoms with E-state index in [-0.39, 0.29) is 11.7 Å². The first-order valence-corrected chi connectivity index (χ1v) is 9.16. The molecule has 2 amide bonds. The number of ether oxygens (including phenoxy) is 1. The van der Waals surface area contributed by atoms with Crippen LogP contribution in [0.2, 0.25) is 0 Å². The van der Waals surface area contributed by atoms with Crippen molar-refractivity contribution in [3.8, 4) is 5.75 Å². The zero-order valence-electron chi connectivity index (χ0n) is 14.5. The fourth-order valence-electron chi connectivity index (χ4n) is 1.95. The second kappa shape index (κ2) is 10.4. The molecule has 0 spiro atoms. The standard InChI is InChI=1S/C19H18BrN3O3S/c1-13-7-9-16(15(20)11-13)26-12-18(25)22-23-19(27)21-17(24)10-8-14-5-3-2-4-6-14/h2-11H,12H2,1H3,(H,22,25)(H2,21,23,24,27)/b10-8+. The van der Waals surface area contributed by atoms with Gasteiger partial charge in [0, 0.05) is 6.08 Å². The number of aryl methyl sites for hydroxylation is 1. The number of benzene rings is 2. The first-order chi connectivity index (χ1) is 12.9. The van der Waals surface area contributed by atoms with E-state index in [0.717, 1.165) is 15.6 Å². The van der Waals surface area contributed by atoms with E-state index >= 15 is 0 Å². The highest BCUT2D eigenvalue weighted by molar-refractivity contribution is 9.10. The number of carbonyl (C=O) groups excluding carboxylic acids is 2. The number of halogens is 1. The molecule has 3 N–H and O–H groups in total. The lowest BCUT2D eigenvalue weighted by molar-refractivity contribution is -0.123. The van der Waals surface area contributed by atoms with Crippen LogP contribution in [0, 0.1) is 6.92 Å². The molecule has 2 rings (SSSR count). The maximum absolute atomic E-state index is 11.8. The predicted molar refractivity (Wildman–Crippen MR) is 112 cm³/mol. The van der Waals surface area contributed by atoms with E-state index in [0.29, 0.717) is 5.75 Å². The molecular weight excluding hydrogens is 430 g/mol.